The van der Waals surface area contributed by atoms with Crippen LogP contribution in [0.25, 0.3) is 0 Å². The number of rotatable bonds is 5. The fourth-order valence-corrected chi connectivity index (χ4v) is 2.34. The van der Waals surface area contributed by atoms with Crippen LogP contribution in [0, 0.1) is 11.3 Å². The van der Waals surface area contributed by atoms with Gasteiger partial charge in [0.05, 0.1) is 16.3 Å². The summed E-state index contributed by atoms with van der Waals surface area (Å²) < 4.78 is 0. The molecule has 4 heteroatoms. The van der Waals surface area contributed by atoms with Gasteiger partial charge in [0.25, 0.3) is 0 Å². The Bertz CT molecular complexity index is 605. The number of nitrogens with two attached hydrogens (primary N) is 1. The van der Waals surface area contributed by atoms with Crippen LogP contribution in [-0.4, -0.2) is 13.1 Å². The van der Waals surface area contributed by atoms with Crippen LogP contribution in [-0.2, 0) is 6.54 Å². The molecule has 2 aromatic carbocycles. The van der Waals surface area contributed by atoms with Crippen molar-refractivity contribution >= 4 is 17.3 Å². The summed E-state index contributed by atoms with van der Waals surface area (Å²) in [6, 6.07) is 17.8. The number of anilines is 1. The monoisotopic (exact) mass is 285 g/mol. The lowest BCUT2D eigenvalue weighted by Gasteiger charge is -2.25. The Kier molecular flexibility index (Phi) is 5.00. The van der Waals surface area contributed by atoms with Crippen molar-refractivity contribution in [3.05, 3.63) is 64.7 Å². The van der Waals surface area contributed by atoms with Crippen molar-refractivity contribution in [1.29, 1.82) is 5.26 Å². The third-order valence-corrected chi connectivity index (χ3v) is 3.37. The largest absolute Gasteiger partial charge is 0.365 e. The third kappa shape index (κ3) is 3.30. The van der Waals surface area contributed by atoms with Gasteiger partial charge >= 0.3 is 0 Å². The second kappa shape index (κ2) is 6.95. The lowest BCUT2D eigenvalue weighted by Crippen LogP contribution is -2.29. The minimum absolute atomic E-state index is 0.472. The highest BCUT2D eigenvalue weighted by Gasteiger charge is 2.13. The Hall–Kier alpha value is -2.02. The SMILES string of the molecule is N#Cc1c(Cl)cccc1N(CCN)Cc1ccccc1. The molecular weight excluding hydrogens is 270 g/mol. The lowest BCUT2D eigenvalue weighted by molar-refractivity contribution is 0.789. The first-order valence-electron chi connectivity index (χ1n) is 6.44. The van der Waals surface area contributed by atoms with Gasteiger partial charge in [-0.05, 0) is 17.7 Å². The molecule has 0 heterocycles. The van der Waals surface area contributed by atoms with E-state index in [2.05, 4.69) is 23.1 Å². The normalized spacial score (nSPS) is 10.1. The zero-order valence-corrected chi connectivity index (χ0v) is 11.8. The molecule has 0 amide bonds. The molecule has 102 valence electrons. The van der Waals surface area contributed by atoms with Gasteiger partial charge in [-0.3, -0.25) is 0 Å². The second-order valence-electron chi connectivity index (χ2n) is 4.44. The average molecular weight is 286 g/mol. The minimum atomic E-state index is 0.472. The summed E-state index contributed by atoms with van der Waals surface area (Å²) in [5, 5.41) is 9.76. The van der Waals surface area contributed by atoms with Gasteiger partial charge in [-0.15, -0.1) is 0 Å². The molecule has 0 radical (unpaired) electrons. The first kappa shape index (κ1) is 14.4. The van der Waals surface area contributed by atoms with Gasteiger partial charge in [-0.2, -0.15) is 5.26 Å². The van der Waals surface area contributed by atoms with E-state index in [9.17, 15) is 5.26 Å². The molecule has 0 aliphatic rings. The molecule has 20 heavy (non-hydrogen) atoms. The molecule has 0 saturated heterocycles. The molecule has 0 spiro atoms. The number of halogens is 1. The molecule has 2 N–H and O–H groups in total. The van der Waals surface area contributed by atoms with Crippen LogP contribution in [0.5, 0.6) is 0 Å². The van der Waals surface area contributed by atoms with E-state index in [1.165, 1.54) is 5.56 Å². The first-order valence-corrected chi connectivity index (χ1v) is 6.81. The van der Waals surface area contributed by atoms with E-state index >= 15 is 0 Å². The minimum Gasteiger partial charge on any atom is -0.365 e. The Balaban J connectivity index is 2.34. The molecule has 2 rings (SSSR count). The van der Waals surface area contributed by atoms with Crippen LogP contribution in [0.4, 0.5) is 5.69 Å². The van der Waals surface area contributed by atoms with E-state index in [1.54, 1.807) is 6.07 Å². The van der Waals surface area contributed by atoms with E-state index in [-0.39, 0.29) is 0 Å². The summed E-state index contributed by atoms with van der Waals surface area (Å²) >= 11 is 6.10. The average Bonchev–Trinajstić information content (AvgIpc) is 2.47. The highest BCUT2D eigenvalue weighted by Crippen LogP contribution is 2.27. The predicted octanol–water partition coefficient (Wildman–Crippen LogP) is 3.18. The van der Waals surface area contributed by atoms with Gasteiger partial charge in [-0.25, -0.2) is 0 Å². The van der Waals surface area contributed by atoms with Crippen LogP contribution < -0.4 is 10.6 Å². The maximum atomic E-state index is 9.29. The maximum Gasteiger partial charge on any atom is 0.103 e. The summed E-state index contributed by atoms with van der Waals surface area (Å²) in [5.41, 5.74) is 8.19. The van der Waals surface area contributed by atoms with E-state index in [4.69, 9.17) is 17.3 Å². The number of hydrogen-bond donors (Lipinski definition) is 1. The molecule has 0 aliphatic heterocycles. The van der Waals surface area contributed by atoms with Crippen LogP contribution in [0.2, 0.25) is 5.02 Å². The van der Waals surface area contributed by atoms with Crippen LogP contribution in [0.3, 0.4) is 0 Å². The number of nitriles is 1. The van der Waals surface area contributed by atoms with E-state index in [0.29, 0.717) is 30.2 Å². The molecule has 0 unspecified atom stereocenters. The molecule has 0 aliphatic carbocycles. The quantitative estimate of drug-likeness (QED) is 0.918. The van der Waals surface area contributed by atoms with Gasteiger partial charge in [0, 0.05) is 19.6 Å². The molecule has 3 nitrogen and oxygen atoms in total. The molecule has 2 aromatic rings. The fourth-order valence-electron chi connectivity index (χ4n) is 2.13. The summed E-state index contributed by atoms with van der Waals surface area (Å²) in [6.07, 6.45) is 0. The summed E-state index contributed by atoms with van der Waals surface area (Å²) in [5.74, 6) is 0. The van der Waals surface area contributed by atoms with Crippen molar-refractivity contribution in [2.24, 2.45) is 5.73 Å². The van der Waals surface area contributed by atoms with E-state index < -0.39 is 0 Å². The molecule has 0 bridgehead atoms. The Labute approximate surface area is 124 Å². The van der Waals surface area contributed by atoms with Crippen molar-refractivity contribution in [3.8, 4) is 6.07 Å². The van der Waals surface area contributed by atoms with Crippen LogP contribution >= 0.6 is 11.6 Å². The highest BCUT2D eigenvalue weighted by atomic mass is 35.5. The highest BCUT2D eigenvalue weighted by molar-refractivity contribution is 6.32. The molecule has 0 saturated carbocycles. The van der Waals surface area contributed by atoms with Crippen molar-refractivity contribution in [3.63, 3.8) is 0 Å². The Morgan fingerprint density at radius 3 is 2.50 bits per heavy atom. The Morgan fingerprint density at radius 2 is 1.85 bits per heavy atom. The van der Waals surface area contributed by atoms with Crippen LogP contribution in [0.1, 0.15) is 11.1 Å². The van der Waals surface area contributed by atoms with Gasteiger partial charge in [0.1, 0.15) is 6.07 Å². The standard InChI is InChI=1S/C16H16ClN3/c17-15-7-4-8-16(14(15)11-19)20(10-9-18)12-13-5-2-1-3-6-13/h1-8H,9-10,12,18H2. The van der Waals surface area contributed by atoms with Crippen molar-refractivity contribution in [2.45, 2.75) is 6.54 Å². The Morgan fingerprint density at radius 1 is 1.10 bits per heavy atom. The lowest BCUT2D eigenvalue weighted by atomic mass is 10.1. The van der Waals surface area contributed by atoms with E-state index in [1.807, 2.05) is 30.3 Å². The molecule has 0 fully saturated rings. The zero-order chi connectivity index (χ0) is 14.4. The third-order valence-electron chi connectivity index (χ3n) is 3.06. The van der Waals surface area contributed by atoms with Crippen molar-refractivity contribution < 1.29 is 0 Å². The van der Waals surface area contributed by atoms with Gasteiger partial charge in [0.15, 0.2) is 0 Å². The maximum absolute atomic E-state index is 9.29. The van der Waals surface area contributed by atoms with Crippen molar-refractivity contribution in [1.82, 2.24) is 0 Å². The molecule has 0 atom stereocenters. The van der Waals surface area contributed by atoms with Gasteiger partial charge < -0.3 is 10.6 Å². The topological polar surface area (TPSA) is 53.0 Å². The summed E-state index contributed by atoms with van der Waals surface area (Å²) in [6.45, 7) is 1.89. The fraction of sp³-hybridized carbons (Fsp3) is 0.188. The molecular formula is C16H16ClN3. The molecule has 0 aromatic heterocycles. The van der Waals surface area contributed by atoms with Crippen molar-refractivity contribution in [2.75, 3.05) is 18.0 Å². The zero-order valence-electron chi connectivity index (χ0n) is 11.1. The predicted molar refractivity (Wildman–Crippen MR) is 82.7 cm³/mol. The van der Waals surface area contributed by atoms with Gasteiger partial charge in [-0.1, -0.05) is 48.0 Å². The second-order valence-corrected chi connectivity index (χ2v) is 4.85. The number of benzene rings is 2. The number of nitrogens with zero attached hydrogens (tertiary/aromatic N) is 2. The smallest absolute Gasteiger partial charge is 0.103 e. The van der Waals surface area contributed by atoms with E-state index in [0.717, 1.165) is 5.69 Å². The van der Waals surface area contributed by atoms with Gasteiger partial charge in [0.2, 0.25) is 0 Å². The first-order chi connectivity index (χ1) is 9.76. The number of hydrogen-bond acceptors (Lipinski definition) is 3. The summed E-state index contributed by atoms with van der Waals surface area (Å²) in [4.78, 5) is 2.08. The van der Waals surface area contributed by atoms with Crippen LogP contribution in [0.15, 0.2) is 48.5 Å². The summed E-state index contributed by atoms with van der Waals surface area (Å²) in [7, 11) is 0.